The first-order valence-electron chi connectivity index (χ1n) is 3.70. The van der Waals surface area contributed by atoms with E-state index in [4.69, 9.17) is 4.55 Å². The zero-order chi connectivity index (χ0) is 9.68. The lowest BCUT2D eigenvalue weighted by Crippen LogP contribution is -1.88. The summed E-state index contributed by atoms with van der Waals surface area (Å²) in [6.07, 6.45) is 0. The Morgan fingerprint density at radius 3 is 2.92 bits per heavy atom. The summed E-state index contributed by atoms with van der Waals surface area (Å²) in [6.45, 7) is 1.95. The highest BCUT2D eigenvalue weighted by molar-refractivity contribution is 7.79. The molecule has 1 aromatic rings. The molecule has 4 nitrogen and oxygen atoms in total. The highest BCUT2D eigenvalue weighted by atomic mass is 32.2. The maximum absolute atomic E-state index is 10.2. The van der Waals surface area contributed by atoms with Crippen LogP contribution in [0.2, 0.25) is 0 Å². The van der Waals surface area contributed by atoms with Gasteiger partial charge < -0.3 is 4.55 Å². The molecule has 1 rings (SSSR count). The van der Waals surface area contributed by atoms with Gasteiger partial charge in [-0.3, -0.25) is 0 Å². The number of benzene rings is 1. The van der Waals surface area contributed by atoms with E-state index in [1.165, 1.54) is 0 Å². The first-order valence-corrected chi connectivity index (χ1v) is 4.97. The summed E-state index contributed by atoms with van der Waals surface area (Å²) >= 11 is -1.90. The molecular formula is C8H10N2O2S. The van der Waals surface area contributed by atoms with Crippen LogP contribution in [-0.4, -0.2) is 14.6 Å². The second kappa shape index (κ2) is 4.84. The molecule has 70 valence electrons. The van der Waals surface area contributed by atoms with Crippen LogP contribution < -0.4 is 0 Å². The van der Waals surface area contributed by atoms with Crippen LogP contribution in [0, 0.1) is 6.92 Å². The maximum atomic E-state index is 10.2. The summed E-state index contributed by atoms with van der Waals surface area (Å²) in [4.78, 5) is 0. The second-order valence-electron chi connectivity index (χ2n) is 2.53. The van der Waals surface area contributed by atoms with Crippen molar-refractivity contribution in [3.8, 4) is 0 Å². The minimum Gasteiger partial charge on any atom is -0.305 e. The topological polar surface area (TPSA) is 62.0 Å². The van der Waals surface area contributed by atoms with E-state index in [0.717, 1.165) is 5.56 Å². The Morgan fingerprint density at radius 1 is 1.54 bits per heavy atom. The van der Waals surface area contributed by atoms with E-state index >= 15 is 0 Å². The van der Waals surface area contributed by atoms with Crippen molar-refractivity contribution in [1.29, 1.82) is 0 Å². The van der Waals surface area contributed by atoms with E-state index in [1.807, 2.05) is 25.1 Å². The molecule has 0 saturated carbocycles. The van der Waals surface area contributed by atoms with Crippen molar-refractivity contribution >= 4 is 16.8 Å². The maximum Gasteiger partial charge on any atom is 0.177 e. The van der Waals surface area contributed by atoms with Gasteiger partial charge in [0.1, 0.15) is 0 Å². The first kappa shape index (κ1) is 10.0. The molecule has 0 aliphatic rings. The van der Waals surface area contributed by atoms with Crippen molar-refractivity contribution in [2.45, 2.75) is 6.92 Å². The average molecular weight is 198 g/mol. The summed E-state index contributed by atoms with van der Waals surface area (Å²) in [7, 11) is 0. The van der Waals surface area contributed by atoms with Gasteiger partial charge in [0.2, 0.25) is 0 Å². The van der Waals surface area contributed by atoms with Crippen LogP contribution in [0.5, 0.6) is 0 Å². The predicted molar refractivity (Wildman–Crippen MR) is 51.3 cm³/mol. The van der Waals surface area contributed by atoms with Crippen molar-refractivity contribution in [3.05, 3.63) is 29.8 Å². The minimum atomic E-state index is -1.90. The number of hydrogen-bond acceptors (Lipinski definition) is 3. The van der Waals surface area contributed by atoms with Crippen molar-refractivity contribution in [3.63, 3.8) is 0 Å². The van der Waals surface area contributed by atoms with Gasteiger partial charge in [0.15, 0.2) is 17.0 Å². The Hall–Kier alpha value is -1.07. The molecule has 0 saturated heterocycles. The zero-order valence-corrected chi connectivity index (χ0v) is 7.99. The van der Waals surface area contributed by atoms with Crippen molar-refractivity contribution < 1.29 is 8.76 Å². The molecule has 0 amide bonds. The van der Waals surface area contributed by atoms with E-state index in [-0.39, 0.29) is 5.88 Å². The van der Waals surface area contributed by atoms with Gasteiger partial charge in [-0.05, 0) is 24.6 Å². The van der Waals surface area contributed by atoms with Gasteiger partial charge in [-0.15, -0.1) is 0 Å². The molecule has 0 bridgehead atoms. The van der Waals surface area contributed by atoms with Crippen LogP contribution in [0.4, 0.5) is 5.69 Å². The zero-order valence-electron chi connectivity index (χ0n) is 7.17. The van der Waals surface area contributed by atoms with E-state index in [9.17, 15) is 4.21 Å². The van der Waals surface area contributed by atoms with Gasteiger partial charge in [0, 0.05) is 0 Å². The highest BCUT2D eigenvalue weighted by Gasteiger charge is 1.90. The van der Waals surface area contributed by atoms with E-state index in [0.29, 0.717) is 5.69 Å². The van der Waals surface area contributed by atoms with Crippen molar-refractivity contribution in [2.75, 3.05) is 5.88 Å². The molecule has 1 unspecified atom stereocenters. The first-order chi connectivity index (χ1) is 6.18. The molecule has 0 radical (unpaired) electrons. The number of aryl methyl sites for hydroxylation is 1. The lowest BCUT2D eigenvalue weighted by atomic mass is 10.2. The van der Waals surface area contributed by atoms with E-state index < -0.39 is 11.1 Å². The largest absolute Gasteiger partial charge is 0.305 e. The molecule has 1 aromatic carbocycles. The van der Waals surface area contributed by atoms with Crippen LogP contribution in [0.25, 0.3) is 0 Å². The van der Waals surface area contributed by atoms with Gasteiger partial charge in [-0.25, -0.2) is 4.21 Å². The monoisotopic (exact) mass is 198 g/mol. The van der Waals surface area contributed by atoms with Crippen molar-refractivity contribution in [2.24, 2.45) is 10.2 Å². The molecular weight excluding hydrogens is 188 g/mol. The molecule has 5 heteroatoms. The third-order valence-corrected chi connectivity index (χ3v) is 1.69. The third-order valence-electron chi connectivity index (χ3n) is 1.36. The predicted octanol–water partition coefficient (Wildman–Crippen LogP) is 2.26. The fraction of sp³-hybridized carbons (Fsp3) is 0.250. The van der Waals surface area contributed by atoms with Crippen LogP contribution in [-0.2, 0) is 11.1 Å². The lowest BCUT2D eigenvalue weighted by molar-refractivity contribution is 0.564. The fourth-order valence-corrected chi connectivity index (χ4v) is 1.01. The smallest absolute Gasteiger partial charge is 0.177 e. The molecule has 0 heterocycles. The number of nitrogens with zero attached hydrogens (tertiary/aromatic N) is 2. The molecule has 0 aromatic heterocycles. The Balaban J connectivity index is 2.63. The third kappa shape index (κ3) is 3.91. The summed E-state index contributed by atoms with van der Waals surface area (Å²) < 4.78 is 18.6. The number of rotatable bonds is 3. The van der Waals surface area contributed by atoms with Gasteiger partial charge in [-0.1, -0.05) is 12.1 Å². The van der Waals surface area contributed by atoms with Gasteiger partial charge >= 0.3 is 0 Å². The van der Waals surface area contributed by atoms with Crippen LogP contribution in [0.1, 0.15) is 5.56 Å². The highest BCUT2D eigenvalue weighted by Crippen LogP contribution is 2.13. The van der Waals surface area contributed by atoms with Crippen LogP contribution in [0.15, 0.2) is 34.5 Å². The lowest BCUT2D eigenvalue weighted by Gasteiger charge is -1.93. The summed E-state index contributed by atoms with van der Waals surface area (Å²) in [5.41, 5.74) is 1.78. The van der Waals surface area contributed by atoms with E-state index in [1.54, 1.807) is 6.07 Å². The molecule has 0 spiro atoms. The summed E-state index contributed by atoms with van der Waals surface area (Å²) in [5, 5.41) is 7.34. The number of azo groups is 1. The quantitative estimate of drug-likeness (QED) is 0.598. The Kier molecular flexibility index (Phi) is 3.72. The molecule has 0 aliphatic carbocycles. The fourth-order valence-electron chi connectivity index (χ4n) is 0.850. The number of hydrogen-bond donors (Lipinski definition) is 1. The Labute approximate surface area is 79.0 Å². The van der Waals surface area contributed by atoms with Crippen LogP contribution >= 0.6 is 0 Å². The van der Waals surface area contributed by atoms with Crippen molar-refractivity contribution in [1.82, 2.24) is 0 Å². The normalized spacial score (nSPS) is 13.4. The average Bonchev–Trinajstić information content (AvgIpc) is 2.03. The van der Waals surface area contributed by atoms with Gasteiger partial charge in [0.05, 0.1) is 5.69 Å². The second-order valence-corrected chi connectivity index (χ2v) is 3.43. The van der Waals surface area contributed by atoms with Gasteiger partial charge in [-0.2, -0.15) is 10.2 Å². The molecule has 1 N–H and O–H groups in total. The molecule has 1 atom stereocenters. The molecule has 0 aliphatic heterocycles. The van der Waals surface area contributed by atoms with Crippen LogP contribution in [0.3, 0.4) is 0 Å². The molecule has 0 fully saturated rings. The Bertz CT molecular complexity index is 339. The summed E-state index contributed by atoms with van der Waals surface area (Å²) in [5.74, 6) is -0.173. The summed E-state index contributed by atoms with van der Waals surface area (Å²) in [6, 6.07) is 7.45. The van der Waals surface area contributed by atoms with E-state index in [2.05, 4.69) is 10.2 Å². The Morgan fingerprint density at radius 2 is 2.31 bits per heavy atom. The van der Waals surface area contributed by atoms with Gasteiger partial charge in [0.25, 0.3) is 0 Å². The molecule has 13 heavy (non-hydrogen) atoms. The SMILES string of the molecule is Cc1cccc(N=NCS(=O)O)c1. The standard InChI is InChI=1S/C8H10N2O2S/c1-7-3-2-4-8(5-7)10-9-6-13(11)12/h2-5H,6H2,1H3,(H,11,12). The minimum absolute atomic E-state index is 0.173.